The maximum Gasteiger partial charge on any atom is 0.225 e. The smallest absolute Gasteiger partial charge is 0.225 e. The van der Waals surface area contributed by atoms with E-state index in [9.17, 15) is 9.59 Å². The van der Waals surface area contributed by atoms with Gasteiger partial charge in [-0.15, -0.1) is 10.2 Å². The van der Waals surface area contributed by atoms with Crippen molar-refractivity contribution in [1.82, 2.24) is 19.7 Å². The second kappa shape index (κ2) is 9.98. The SMILES string of the molecule is CC(=O)N1CC([C@@H](CC(=O)Nc2ccc(C)cc2C)c2nnc(C3CC(CC(C)C)C3)n2C2CC2)C1. The number of hydrogen-bond acceptors (Lipinski definition) is 4. The Labute approximate surface area is 215 Å². The molecule has 0 spiro atoms. The number of amides is 2. The van der Waals surface area contributed by atoms with Crippen molar-refractivity contribution in [3.63, 3.8) is 0 Å². The number of rotatable bonds is 9. The molecule has 0 unspecified atom stereocenters. The first-order valence-electron chi connectivity index (χ1n) is 13.8. The first-order chi connectivity index (χ1) is 17.2. The largest absolute Gasteiger partial charge is 0.342 e. The molecule has 2 amide bonds. The molecule has 7 nitrogen and oxygen atoms in total. The quantitative estimate of drug-likeness (QED) is 0.512. The summed E-state index contributed by atoms with van der Waals surface area (Å²) in [5, 5.41) is 12.6. The Morgan fingerprint density at radius 1 is 1.11 bits per heavy atom. The minimum atomic E-state index is -0.0419. The molecule has 1 saturated heterocycles. The number of hydrogen-bond donors (Lipinski definition) is 1. The van der Waals surface area contributed by atoms with Gasteiger partial charge in [-0.1, -0.05) is 31.5 Å². The van der Waals surface area contributed by atoms with Crippen LogP contribution >= 0.6 is 0 Å². The van der Waals surface area contributed by atoms with Crippen molar-refractivity contribution in [2.24, 2.45) is 17.8 Å². The fourth-order valence-corrected chi connectivity index (χ4v) is 6.21. The van der Waals surface area contributed by atoms with E-state index < -0.39 is 0 Å². The zero-order chi connectivity index (χ0) is 25.6. The van der Waals surface area contributed by atoms with Gasteiger partial charge in [-0.05, 0) is 69.4 Å². The summed E-state index contributed by atoms with van der Waals surface area (Å²) < 4.78 is 2.40. The summed E-state index contributed by atoms with van der Waals surface area (Å²) in [4.78, 5) is 27.1. The predicted molar refractivity (Wildman–Crippen MR) is 141 cm³/mol. The van der Waals surface area contributed by atoms with E-state index in [1.807, 2.05) is 24.0 Å². The first-order valence-corrected chi connectivity index (χ1v) is 13.8. The molecule has 194 valence electrons. The van der Waals surface area contributed by atoms with Crippen LogP contribution in [0.15, 0.2) is 18.2 Å². The third-order valence-corrected chi connectivity index (χ3v) is 8.38. The highest BCUT2D eigenvalue weighted by Crippen LogP contribution is 2.48. The molecule has 0 bridgehead atoms. The highest BCUT2D eigenvalue weighted by Gasteiger charge is 2.43. The van der Waals surface area contributed by atoms with Gasteiger partial charge in [-0.25, -0.2) is 0 Å². The van der Waals surface area contributed by atoms with Gasteiger partial charge < -0.3 is 14.8 Å². The average Bonchev–Trinajstić information content (AvgIpc) is 3.49. The van der Waals surface area contributed by atoms with Crippen LogP contribution in [0.2, 0.25) is 0 Å². The van der Waals surface area contributed by atoms with Gasteiger partial charge in [0.1, 0.15) is 11.6 Å². The number of aromatic nitrogens is 3. The maximum absolute atomic E-state index is 13.3. The summed E-state index contributed by atoms with van der Waals surface area (Å²) in [6.45, 7) is 11.7. The topological polar surface area (TPSA) is 80.1 Å². The number of carbonyl (C=O) groups excluding carboxylic acids is 2. The van der Waals surface area contributed by atoms with Gasteiger partial charge in [0.15, 0.2) is 0 Å². The number of benzene rings is 1. The minimum absolute atomic E-state index is 0.000710. The van der Waals surface area contributed by atoms with Crippen LogP contribution in [0.4, 0.5) is 5.69 Å². The van der Waals surface area contributed by atoms with E-state index in [0.717, 1.165) is 47.6 Å². The standard InChI is InChI=1S/C29H41N5O2/c1-17(2)10-21-12-22(13-21)28-31-32-29(34(28)24-7-8-24)25(23-15-33(16-23)20(5)35)14-27(36)30-26-9-6-18(3)11-19(26)4/h6,9,11,17,21-25H,7-8,10,12-16H2,1-5H3,(H,30,36)/t21?,22?,25-/m1/s1. The Morgan fingerprint density at radius 2 is 1.83 bits per heavy atom. The molecule has 36 heavy (non-hydrogen) atoms. The first kappa shape index (κ1) is 25.0. The van der Waals surface area contributed by atoms with Crippen LogP contribution < -0.4 is 5.32 Å². The number of likely N-dealkylation sites (tertiary alicyclic amines) is 1. The summed E-state index contributed by atoms with van der Waals surface area (Å²) in [6.07, 6.45) is 6.35. The molecule has 0 radical (unpaired) electrons. The molecule has 2 aliphatic carbocycles. The molecule has 1 aliphatic heterocycles. The van der Waals surface area contributed by atoms with E-state index in [1.165, 1.54) is 24.8 Å². The number of aryl methyl sites for hydroxylation is 2. The lowest BCUT2D eigenvalue weighted by Gasteiger charge is -2.42. The lowest BCUT2D eigenvalue weighted by atomic mass is 9.71. The molecule has 7 heteroatoms. The number of anilines is 1. The average molecular weight is 492 g/mol. The normalized spacial score (nSPS) is 22.8. The lowest BCUT2D eigenvalue weighted by molar-refractivity contribution is -0.135. The molecule has 3 fully saturated rings. The van der Waals surface area contributed by atoms with Crippen LogP contribution in [0.25, 0.3) is 0 Å². The van der Waals surface area contributed by atoms with E-state index >= 15 is 0 Å². The summed E-state index contributed by atoms with van der Waals surface area (Å²) in [5.74, 6) is 4.38. The summed E-state index contributed by atoms with van der Waals surface area (Å²) in [5.41, 5.74) is 3.10. The van der Waals surface area contributed by atoms with Crippen molar-refractivity contribution in [1.29, 1.82) is 0 Å². The van der Waals surface area contributed by atoms with E-state index in [4.69, 9.17) is 10.2 Å². The Morgan fingerprint density at radius 3 is 2.44 bits per heavy atom. The third kappa shape index (κ3) is 5.21. The van der Waals surface area contributed by atoms with Gasteiger partial charge >= 0.3 is 0 Å². The van der Waals surface area contributed by atoms with Crippen LogP contribution in [0.3, 0.4) is 0 Å². The van der Waals surface area contributed by atoms with Crippen molar-refractivity contribution < 1.29 is 9.59 Å². The summed E-state index contributed by atoms with van der Waals surface area (Å²) in [6, 6.07) is 6.55. The zero-order valence-corrected chi connectivity index (χ0v) is 22.5. The molecule has 1 aromatic heterocycles. The lowest BCUT2D eigenvalue weighted by Crippen LogP contribution is -2.52. The van der Waals surface area contributed by atoms with Gasteiger partial charge in [-0.3, -0.25) is 9.59 Å². The molecule has 1 aromatic carbocycles. The molecule has 1 N–H and O–H groups in total. The molecule has 1 atom stereocenters. The minimum Gasteiger partial charge on any atom is -0.342 e. The van der Waals surface area contributed by atoms with Gasteiger partial charge in [0, 0.05) is 55.9 Å². The van der Waals surface area contributed by atoms with E-state index in [1.54, 1.807) is 6.92 Å². The maximum atomic E-state index is 13.3. The Kier molecular flexibility index (Phi) is 6.92. The van der Waals surface area contributed by atoms with Crippen LogP contribution in [0.5, 0.6) is 0 Å². The monoisotopic (exact) mass is 491 g/mol. The Hall–Kier alpha value is -2.70. The Balaban J connectivity index is 1.37. The molecular formula is C29H41N5O2. The molecule has 2 heterocycles. The fraction of sp³-hybridized carbons (Fsp3) is 0.655. The van der Waals surface area contributed by atoms with E-state index in [0.29, 0.717) is 31.5 Å². The van der Waals surface area contributed by atoms with Crippen LogP contribution in [0.1, 0.15) is 99.9 Å². The molecule has 5 rings (SSSR count). The van der Waals surface area contributed by atoms with Gasteiger partial charge in [0.2, 0.25) is 11.8 Å². The molecule has 2 saturated carbocycles. The van der Waals surface area contributed by atoms with Crippen LogP contribution in [-0.4, -0.2) is 44.6 Å². The Bertz CT molecular complexity index is 1120. The van der Waals surface area contributed by atoms with Crippen LogP contribution in [-0.2, 0) is 9.59 Å². The van der Waals surface area contributed by atoms with Crippen molar-refractivity contribution in [2.75, 3.05) is 18.4 Å². The molecular weight excluding hydrogens is 450 g/mol. The predicted octanol–water partition coefficient (Wildman–Crippen LogP) is 5.36. The third-order valence-electron chi connectivity index (χ3n) is 8.38. The van der Waals surface area contributed by atoms with Crippen molar-refractivity contribution in [3.8, 4) is 0 Å². The van der Waals surface area contributed by atoms with Crippen LogP contribution in [0, 0.1) is 31.6 Å². The number of nitrogens with zero attached hydrogens (tertiary/aromatic N) is 4. The van der Waals surface area contributed by atoms with E-state index in [2.05, 4.69) is 36.7 Å². The van der Waals surface area contributed by atoms with Crippen molar-refractivity contribution >= 4 is 17.5 Å². The van der Waals surface area contributed by atoms with Gasteiger partial charge in [0.05, 0.1) is 0 Å². The second-order valence-electron chi connectivity index (χ2n) is 12.0. The fourth-order valence-electron chi connectivity index (χ4n) is 6.21. The highest BCUT2D eigenvalue weighted by molar-refractivity contribution is 5.92. The molecule has 3 aliphatic rings. The summed E-state index contributed by atoms with van der Waals surface area (Å²) >= 11 is 0. The number of carbonyl (C=O) groups is 2. The zero-order valence-electron chi connectivity index (χ0n) is 22.5. The van der Waals surface area contributed by atoms with Crippen molar-refractivity contribution in [2.45, 2.75) is 91.0 Å². The second-order valence-corrected chi connectivity index (χ2v) is 12.0. The van der Waals surface area contributed by atoms with Crippen molar-refractivity contribution in [3.05, 3.63) is 41.0 Å². The van der Waals surface area contributed by atoms with Gasteiger partial charge in [-0.2, -0.15) is 0 Å². The summed E-state index contributed by atoms with van der Waals surface area (Å²) in [7, 11) is 0. The number of nitrogens with one attached hydrogen (secondary N) is 1. The van der Waals surface area contributed by atoms with E-state index in [-0.39, 0.29) is 23.7 Å². The highest BCUT2D eigenvalue weighted by atomic mass is 16.2. The molecule has 2 aromatic rings. The van der Waals surface area contributed by atoms with Gasteiger partial charge in [0.25, 0.3) is 0 Å².